The van der Waals surface area contributed by atoms with Crippen LogP contribution in [0.3, 0.4) is 0 Å². The van der Waals surface area contributed by atoms with Crippen LogP contribution in [0.4, 0.5) is 0 Å². The van der Waals surface area contributed by atoms with Gasteiger partial charge in [0, 0.05) is 11.6 Å². The van der Waals surface area contributed by atoms with Crippen molar-refractivity contribution in [2.24, 2.45) is 5.92 Å². The van der Waals surface area contributed by atoms with Gasteiger partial charge in [-0.05, 0) is 45.8 Å². The van der Waals surface area contributed by atoms with E-state index in [9.17, 15) is 0 Å². The lowest BCUT2D eigenvalue weighted by Crippen LogP contribution is -2.58. The van der Waals surface area contributed by atoms with E-state index in [0.29, 0.717) is 6.04 Å². The second kappa shape index (κ2) is 8.10. The first-order chi connectivity index (χ1) is 7.93. The van der Waals surface area contributed by atoms with E-state index in [1.807, 2.05) is 0 Å². The lowest BCUT2D eigenvalue weighted by molar-refractivity contribution is 0.0814. The molecule has 2 heteroatoms. The zero-order valence-corrected chi connectivity index (χ0v) is 13.1. The second-order valence-electron chi connectivity index (χ2n) is 5.69. The Morgan fingerprint density at radius 1 is 1.06 bits per heavy atom. The zero-order valence-electron chi connectivity index (χ0n) is 13.1. The fraction of sp³-hybridized carbons (Fsp3) is 1.00. The summed E-state index contributed by atoms with van der Waals surface area (Å²) in [5, 5.41) is 3.70. The van der Waals surface area contributed by atoms with E-state index in [-0.39, 0.29) is 5.54 Å². The molecule has 2 nitrogen and oxygen atoms in total. The number of nitrogens with zero attached hydrogens (tertiary/aromatic N) is 1. The SMILES string of the molecule is CCNC(CC(C)CC)C(C)(C)N(CC)CC. The van der Waals surface area contributed by atoms with Gasteiger partial charge in [-0.2, -0.15) is 0 Å². The van der Waals surface area contributed by atoms with Gasteiger partial charge in [0.1, 0.15) is 0 Å². The van der Waals surface area contributed by atoms with Crippen LogP contribution in [0.2, 0.25) is 0 Å². The molecule has 0 fully saturated rings. The van der Waals surface area contributed by atoms with Gasteiger partial charge in [0.05, 0.1) is 0 Å². The predicted molar refractivity (Wildman–Crippen MR) is 78.5 cm³/mol. The summed E-state index contributed by atoms with van der Waals surface area (Å²) < 4.78 is 0. The topological polar surface area (TPSA) is 15.3 Å². The minimum absolute atomic E-state index is 0.239. The van der Waals surface area contributed by atoms with Crippen LogP contribution < -0.4 is 5.32 Å². The monoisotopic (exact) mass is 242 g/mol. The number of hydrogen-bond donors (Lipinski definition) is 1. The van der Waals surface area contributed by atoms with E-state index >= 15 is 0 Å². The molecule has 0 heterocycles. The molecule has 17 heavy (non-hydrogen) atoms. The molecule has 0 bridgehead atoms. The molecule has 0 saturated heterocycles. The number of nitrogens with one attached hydrogen (secondary N) is 1. The van der Waals surface area contributed by atoms with Crippen molar-refractivity contribution in [1.29, 1.82) is 0 Å². The predicted octanol–water partition coefficient (Wildman–Crippen LogP) is 3.52. The first-order valence-corrected chi connectivity index (χ1v) is 7.42. The molecule has 104 valence electrons. The van der Waals surface area contributed by atoms with Gasteiger partial charge in [0.25, 0.3) is 0 Å². The highest BCUT2D eigenvalue weighted by atomic mass is 15.2. The van der Waals surface area contributed by atoms with E-state index < -0.39 is 0 Å². The normalized spacial score (nSPS) is 16.2. The van der Waals surface area contributed by atoms with Gasteiger partial charge >= 0.3 is 0 Å². The van der Waals surface area contributed by atoms with Gasteiger partial charge in [-0.1, -0.05) is 41.0 Å². The highest BCUT2D eigenvalue weighted by Gasteiger charge is 2.33. The van der Waals surface area contributed by atoms with Crippen LogP contribution in [0, 0.1) is 5.92 Å². The van der Waals surface area contributed by atoms with Gasteiger partial charge in [0.2, 0.25) is 0 Å². The summed E-state index contributed by atoms with van der Waals surface area (Å²) in [5.41, 5.74) is 0.239. The van der Waals surface area contributed by atoms with E-state index in [1.165, 1.54) is 12.8 Å². The first kappa shape index (κ1) is 16.9. The summed E-state index contributed by atoms with van der Waals surface area (Å²) in [6.45, 7) is 19.5. The van der Waals surface area contributed by atoms with Gasteiger partial charge in [-0.25, -0.2) is 0 Å². The Hall–Kier alpha value is -0.0800. The van der Waals surface area contributed by atoms with Crippen LogP contribution in [0.5, 0.6) is 0 Å². The van der Waals surface area contributed by atoms with Gasteiger partial charge < -0.3 is 5.32 Å². The molecule has 0 aromatic carbocycles. The third-order valence-electron chi connectivity index (χ3n) is 4.22. The largest absolute Gasteiger partial charge is 0.312 e. The lowest BCUT2D eigenvalue weighted by atomic mass is 9.85. The molecular formula is C15H34N2. The van der Waals surface area contributed by atoms with Gasteiger partial charge in [-0.3, -0.25) is 4.90 Å². The average molecular weight is 242 g/mol. The number of rotatable bonds is 9. The van der Waals surface area contributed by atoms with Crippen molar-refractivity contribution >= 4 is 0 Å². The van der Waals surface area contributed by atoms with E-state index in [0.717, 1.165) is 25.6 Å². The highest BCUT2D eigenvalue weighted by molar-refractivity contribution is 4.93. The molecule has 0 aliphatic rings. The number of hydrogen-bond acceptors (Lipinski definition) is 2. The van der Waals surface area contributed by atoms with Gasteiger partial charge in [0.15, 0.2) is 0 Å². The molecule has 2 atom stereocenters. The number of likely N-dealkylation sites (N-methyl/N-ethyl adjacent to an activating group) is 2. The molecule has 0 saturated carbocycles. The molecular weight excluding hydrogens is 208 g/mol. The maximum atomic E-state index is 3.70. The van der Waals surface area contributed by atoms with Crippen molar-refractivity contribution in [2.45, 2.75) is 72.9 Å². The van der Waals surface area contributed by atoms with Crippen LogP contribution in [0.25, 0.3) is 0 Å². The second-order valence-corrected chi connectivity index (χ2v) is 5.69. The molecule has 0 radical (unpaired) electrons. The van der Waals surface area contributed by atoms with E-state index in [4.69, 9.17) is 0 Å². The Kier molecular flexibility index (Phi) is 8.06. The molecule has 2 unspecified atom stereocenters. The molecule has 1 N–H and O–H groups in total. The summed E-state index contributed by atoms with van der Waals surface area (Å²) in [6, 6.07) is 0.586. The molecule has 0 aliphatic carbocycles. The maximum Gasteiger partial charge on any atom is 0.0306 e. The van der Waals surface area contributed by atoms with Crippen LogP contribution in [0.15, 0.2) is 0 Å². The maximum absolute atomic E-state index is 3.70. The summed E-state index contributed by atoms with van der Waals surface area (Å²) in [6.07, 6.45) is 2.55. The molecule has 0 rings (SSSR count). The van der Waals surface area contributed by atoms with Crippen LogP contribution in [-0.4, -0.2) is 36.1 Å². The van der Waals surface area contributed by atoms with Crippen LogP contribution in [0.1, 0.15) is 61.3 Å². The molecule has 0 aliphatic heterocycles. The third-order valence-corrected chi connectivity index (χ3v) is 4.22. The Morgan fingerprint density at radius 3 is 1.94 bits per heavy atom. The quantitative estimate of drug-likeness (QED) is 0.665. The third kappa shape index (κ3) is 4.97. The summed E-state index contributed by atoms with van der Waals surface area (Å²) in [7, 11) is 0. The van der Waals surface area contributed by atoms with Crippen molar-refractivity contribution in [2.75, 3.05) is 19.6 Å². The first-order valence-electron chi connectivity index (χ1n) is 7.42. The smallest absolute Gasteiger partial charge is 0.0306 e. The Bertz CT molecular complexity index is 185. The summed E-state index contributed by atoms with van der Waals surface area (Å²) in [4.78, 5) is 2.57. The standard InChI is InChI=1S/C15H34N2/c1-8-13(5)12-14(16-9-2)15(6,7)17(10-3)11-4/h13-14,16H,8-12H2,1-7H3. The summed E-state index contributed by atoms with van der Waals surface area (Å²) >= 11 is 0. The van der Waals surface area contributed by atoms with E-state index in [2.05, 4.69) is 58.7 Å². The lowest BCUT2D eigenvalue weighted by Gasteiger charge is -2.44. The van der Waals surface area contributed by atoms with Crippen LogP contribution in [-0.2, 0) is 0 Å². The fourth-order valence-electron chi connectivity index (χ4n) is 2.70. The average Bonchev–Trinajstić information content (AvgIpc) is 2.29. The minimum Gasteiger partial charge on any atom is -0.312 e. The summed E-state index contributed by atoms with van der Waals surface area (Å²) in [5.74, 6) is 0.800. The van der Waals surface area contributed by atoms with Crippen molar-refractivity contribution in [3.8, 4) is 0 Å². The Balaban J connectivity index is 4.75. The minimum atomic E-state index is 0.239. The van der Waals surface area contributed by atoms with Crippen molar-refractivity contribution in [1.82, 2.24) is 10.2 Å². The molecule has 0 aromatic heterocycles. The van der Waals surface area contributed by atoms with Crippen molar-refractivity contribution in [3.05, 3.63) is 0 Å². The van der Waals surface area contributed by atoms with Crippen molar-refractivity contribution in [3.63, 3.8) is 0 Å². The fourth-order valence-corrected chi connectivity index (χ4v) is 2.70. The van der Waals surface area contributed by atoms with Crippen molar-refractivity contribution < 1.29 is 0 Å². The Morgan fingerprint density at radius 2 is 1.59 bits per heavy atom. The Labute approximate surface area is 109 Å². The molecule has 0 spiro atoms. The van der Waals surface area contributed by atoms with Crippen LogP contribution >= 0.6 is 0 Å². The molecule has 0 aromatic rings. The van der Waals surface area contributed by atoms with E-state index in [1.54, 1.807) is 0 Å². The molecule has 0 amide bonds. The van der Waals surface area contributed by atoms with Gasteiger partial charge in [-0.15, -0.1) is 0 Å². The zero-order chi connectivity index (χ0) is 13.5. The highest BCUT2D eigenvalue weighted by Crippen LogP contribution is 2.24.